The number of nitrogens with zero attached hydrogens (tertiary/aromatic N) is 1. The lowest BCUT2D eigenvalue weighted by molar-refractivity contribution is 0.408. The van der Waals surface area contributed by atoms with Gasteiger partial charge in [0.05, 0.1) is 13.7 Å². The number of imidazole rings is 1. The first-order valence-electron chi connectivity index (χ1n) is 4.67. The molecule has 0 saturated carbocycles. The first kappa shape index (κ1) is 9.58. The standard InChI is InChI=1S/C11H12N2O2/c1-15-10-5-3-2-4-9(10)8-13-7-6-12-11(13)14/h2-7H,8H2,1H3,(H,12,14). The molecule has 0 radical (unpaired) electrons. The van der Waals surface area contributed by atoms with E-state index in [-0.39, 0.29) is 5.69 Å². The Bertz CT molecular complexity index is 499. The molecule has 0 aliphatic carbocycles. The lowest BCUT2D eigenvalue weighted by atomic mass is 10.2. The number of nitrogens with one attached hydrogen (secondary N) is 1. The van der Waals surface area contributed by atoms with Crippen molar-refractivity contribution in [3.05, 3.63) is 52.7 Å². The molecule has 0 bridgehead atoms. The van der Waals surface area contributed by atoms with Crippen molar-refractivity contribution in [2.45, 2.75) is 6.54 Å². The van der Waals surface area contributed by atoms with E-state index in [0.29, 0.717) is 6.54 Å². The van der Waals surface area contributed by atoms with Crippen molar-refractivity contribution >= 4 is 0 Å². The van der Waals surface area contributed by atoms with Crippen molar-refractivity contribution in [2.75, 3.05) is 7.11 Å². The summed E-state index contributed by atoms with van der Waals surface area (Å²) in [5, 5.41) is 0. The lowest BCUT2D eigenvalue weighted by Crippen LogP contribution is -2.17. The van der Waals surface area contributed by atoms with Gasteiger partial charge in [0.15, 0.2) is 0 Å². The Morgan fingerprint density at radius 1 is 1.40 bits per heavy atom. The SMILES string of the molecule is COc1ccccc1Cn1cc[nH]c1=O. The van der Waals surface area contributed by atoms with E-state index in [0.717, 1.165) is 11.3 Å². The van der Waals surface area contributed by atoms with Gasteiger partial charge < -0.3 is 9.72 Å². The maximum absolute atomic E-state index is 11.3. The van der Waals surface area contributed by atoms with Gasteiger partial charge in [0.2, 0.25) is 0 Å². The number of benzene rings is 1. The third-order valence-corrected chi connectivity index (χ3v) is 2.26. The summed E-state index contributed by atoms with van der Waals surface area (Å²) in [4.78, 5) is 13.9. The van der Waals surface area contributed by atoms with E-state index >= 15 is 0 Å². The monoisotopic (exact) mass is 204 g/mol. The van der Waals surface area contributed by atoms with Crippen molar-refractivity contribution in [2.24, 2.45) is 0 Å². The van der Waals surface area contributed by atoms with Crippen LogP contribution < -0.4 is 10.4 Å². The van der Waals surface area contributed by atoms with Crippen LogP contribution in [0.25, 0.3) is 0 Å². The van der Waals surface area contributed by atoms with E-state index in [4.69, 9.17) is 4.74 Å². The Kier molecular flexibility index (Phi) is 2.58. The molecule has 0 unspecified atom stereocenters. The van der Waals surface area contributed by atoms with Gasteiger partial charge in [-0.2, -0.15) is 0 Å². The van der Waals surface area contributed by atoms with Gasteiger partial charge in [-0.15, -0.1) is 0 Å². The van der Waals surface area contributed by atoms with Crippen molar-refractivity contribution < 1.29 is 4.74 Å². The minimum Gasteiger partial charge on any atom is -0.496 e. The largest absolute Gasteiger partial charge is 0.496 e. The number of para-hydroxylation sites is 1. The van der Waals surface area contributed by atoms with Gasteiger partial charge in [0.1, 0.15) is 5.75 Å². The zero-order chi connectivity index (χ0) is 10.7. The predicted molar refractivity (Wildman–Crippen MR) is 57.1 cm³/mol. The fourth-order valence-corrected chi connectivity index (χ4v) is 1.49. The van der Waals surface area contributed by atoms with Crippen molar-refractivity contribution in [1.29, 1.82) is 0 Å². The third-order valence-electron chi connectivity index (χ3n) is 2.26. The molecule has 0 spiro atoms. The van der Waals surface area contributed by atoms with Gasteiger partial charge in [-0.1, -0.05) is 18.2 Å². The van der Waals surface area contributed by atoms with Crippen LogP contribution >= 0.6 is 0 Å². The van der Waals surface area contributed by atoms with Gasteiger partial charge in [0.25, 0.3) is 0 Å². The van der Waals surface area contributed by atoms with Crippen LogP contribution in [0.1, 0.15) is 5.56 Å². The summed E-state index contributed by atoms with van der Waals surface area (Å²) in [6.45, 7) is 0.520. The van der Waals surface area contributed by atoms with Gasteiger partial charge >= 0.3 is 5.69 Å². The summed E-state index contributed by atoms with van der Waals surface area (Å²) in [5.41, 5.74) is 0.877. The molecular formula is C11H12N2O2. The molecule has 0 atom stereocenters. The second kappa shape index (κ2) is 4.04. The Morgan fingerprint density at radius 2 is 2.20 bits per heavy atom. The molecular weight excluding hydrogens is 192 g/mol. The summed E-state index contributed by atoms with van der Waals surface area (Å²) in [5.74, 6) is 0.797. The van der Waals surface area contributed by atoms with Crippen LogP contribution in [0.15, 0.2) is 41.5 Å². The number of hydrogen-bond donors (Lipinski definition) is 1. The molecule has 1 aromatic carbocycles. The topological polar surface area (TPSA) is 47.0 Å². The van der Waals surface area contributed by atoms with Gasteiger partial charge in [-0.25, -0.2) is 4.79 Å². The van der Waals surface area contributed by atoms with Gasteiger partial charge in [0, 0.05) is 18.0 Å². The minimum absolute atomic E-state index is 0.110. The van der Waals surface area contributed by atoms with Crippen LogP contribution in [0.5, 0.6) is 5.75 Å². The lowest BCUT2D eigenvalue weighted by Gasteiger charge is -2.07. The number of aromatic nitrogens is 2. The molecule has 1 aromatic heterocycles. The van der Waals surface area contributed by atoms with E-state index in [1.807, 2.05) is 24.3 Å². The molecule has 78 valence electrons. The number of aromatic amines is 1. The van der Waals surface area contributed by atoms with E-state index in [1.165, 1.54) is 0 Å². The predicted octanol–water partition coefficient (Wildman–Crippen LogP) is 1.23. The summed E-state index contributed by atoms with van der Waals surface area (Å²) in [6.07, 6.45) is 3.34. The first-order chi connectivity index (χ1) is 7.31. The van der Waals surface area contributed by atoms with E-state index in [2.05, 4.69) is 4.98 Å². The van der Waals surface area contributed by atoms with Crippen molar-refractivity contribution in [1.82, 2.24) is 9.55 Å². The Morgan fingerprint density at radius 3 is 2.87 bits per heavy atom. The maximum Gasteiger partial charge on any atom is 0.325 e. The molecule has 15 heavy (non-hydrogen) atoms. The average Bonchev–Trinajstić information content (AvgIpc) is 2.65. The second-order valence-electron chi connectivity index (χ2n) is 3.20. The fourth-order valence-electron chi connectivity index (χ4n) is 1.49. The Balaban J connectivity index is 2.32. The normalized spacial score (nSPS) is 10.2. The van der Waals surface area contributed by atoms with Gasteiger partial charge in [-0.05, 0) is 6.07 Å². The van der Waals surface area contributed by atoms with Crippen LogP contribution in [-0.2, 0) is 6.54 Å². The second-order valence-corrected chi connectivity index (χ2v) is 3.20. The number of methoxy groups -OCH3 is 1. The summed E-state index contributed by atoms with van der Waals surface area (Å²) in [7, 11) is 1.62. The fraction of sp³-hybridized carbons (Fsp3) is 0.182. The number of rotatable bonds is 3. The zero-order valence-electron chi connectivity index (χ0n) is 8.43. The molecule has 1 N–H and O–H groups in total. The van der Waals surface area contributed by atoms with Crippen LogP contribution in [0.3, 0.4) is 0 Å². The summed E-state index contributed by atoms with van der Waals surface area (Å²) in [6, 6.07) is 7.66. The molecule has 4 nitrogen and oxygen atoms in total. The van der Waals surface area contributed by atoms with Crippen LogP contribution in [0.2, 0.25) is 0 Å². The van der Waals surface area contributed by atoms with Crippen LogP contribution in [-0.4, -0.2) is 16.7 Å². The van der Waals surface area contributed by atoms with Crippen LogP contribution in [0, 0.1) is 0 Å². The van der Waals surface area contributed by atoms with E-state index < -0.39 is 0 Å². The van der Waals surface area contributed by atoms with Gasteiger partial charge in [-0.3, -0.25) is 4.57 Å². The molecule has 4 heteroatoms. The van der Waals surface area contributed by atoms with Crippen LogP contribution in [0.4, 0.5) is 0 Å². The molecule has 0 aliphatic rings. The Hall–Kier alpha value is -1.97. The van der Waals surface area contributed by atoms with Crippen molar-refractivity contribution in [3.63, 3.8) is 0 Å². The zero-order valence-corrected chi connectivity index (χ0v) is 8.43. The summed E-state index contributed by atoms with van der Waals surface area (Å²) < 4.78 is 6.80. The third kappa shape index (κ3) is 1.93. The van der Waals surface area contributed by atoms with E-state index in [9.17, 15) is 4.79 Å². The summed E-state index contributed by atoms with van der Waals surface area (Å²) >= 11 is 0. The molecule has 0 saturated heterocycles. The average molecular weight is 204 g/mol. The number of H-pyrrole nitrogens is 1. The quantitative estimate of drug-likeness (QED) is 0.817. The van der Waals surface area contributed by atoms with Crippen molar-refractivity contribution in [3.8, 4) is 5.75 Å². The minimum atomic E-state index is -0.110. The highest BCUT2D eigenvalue weighted by atomic mass is 16.5. The highest BCUT2D eigenvalue weighted by Crippen LogP contribution is 2.17. The highest BCUT2D eigenvalue weighted by molar-refractivity contribution is 5.33. The smallest absolute Gasteiger partial charge is 0.325 e. The first-order valence-corrected chi connectivity index (χ1v) is 4.67. The number of hydrogen-bond acceptors (Lipinski definition) is 2. The maximum atomic E-state index is 11.3. The molecule has 0 aliphatic heterocycles. The molecule has 2 rings (SSSR count). The highest BCUT2D eigenvalue weighted by Gasteiger charge is 2.03. The molecule has 1 heterocycles. The van der Waals surface area contributed by atoms with E-state index in [1.54, 1.807) is 24.1 Å². The number of ether oxygens (including phenoxy) is 1. The molecule has 0 amide bonds. The Labute approximate surface area is 87.1 Å². The molecule has 0 fully saturated rings. The molecule has 2 aromatic rings.